The highest BCUT2D eigenvalue weighted by atomic mass is 15.1. The van der Waals surface area contributed by atoms with Crippen LogP contribution < -0.4 is 4.90 Å². The van der Waals surface area contributed by atoms with E-state index in [0.29, 0.717) is 0 Å². The molecule has 0 saturated carbocycles. The van der Waals surface area contributed by atoms with Crippen molar-refractivity contribution in [2.45, 2.75) is 38.5 Å². The van der Waals surface area contributed by atoms with Gasteiger partial charge in [0.25, 0.3) is 0 Å². The molecule has 0 fully saturated rings. The number of anilines is 3. The Morgan fingerprint density at radius 2 is 0.831 bits per heavy atom. The average Bonchev–Trinajstić information content (AvgIpc) is 3.66. The van der Waals surface area contributed by atoms with Gasteiger partial charge in [-0.15, -0.1) is 0 Å². The van der Waals surface area contributed by atoms with Gasteiger partial charge in [0, 0.05) is 27.9 Å². The molecule has 2 aliphatic rings. The van der Waals surface area contributed by atoms with Gasteiger partial charge in [-0.05, 0) is 131 Å². The Bertz CT molecular complexity index is 3080. The molecule has 1 nitrogen and oxygen atoms in total. The Kier molecular flexibility index (Phi) is 7.94. The molecule has 0 atom stereocenters. The number of hydrogen-bond donors (Lipinski definition) is 0. The van der Waals surface area contributed by atoms with Gasteiger partial charge in [0.15, 0.2) is 0 Å². The van der Waals surface area contributed by atoms with Gasteiger partial charge in [-0.3, -0.25) is 0 Å². The number of rotatable bonds is 6. The Labute approximate surface area is 347 Å². The fourth-order valence-electron chi connectivity index (χ4n) is 10.3. The van der Waals surface area contributed by atoms with Gasteiger partial charge in [0.1, 0.15) is 0 Å². The minimum atomic E-state index is -0.0877. The van der Waals surface area contributed by atoms with E-state index in [1.807, 2.05) is 0 Å². The van der Waals surface area contributed by atoms with Crippen molar-refractivity contribution < 1.29 is 0 Å². The van der Waals surface area contributed by atoms with Crippen LogP contribution in [-0.4, -0.2) is 0 Å². The lowest BCUT2D eigenvalue weighted by molar-refractivity contribution is 0.660. The summed E-state index contributed by atoms with van der Waals surface area (Å²) < 4.78 is 0. The van der Waals surface area contributed by atoms with Gasteiger partial charge in [-0.2, -0.15) is 0 Å². The highest BCUT2D eigenvalue weighted by Gasteiger charge is 2.37. The van der Waals surface area contributed by atoms with E-state index in [-0.39, 0.29) is 10.8 Å². The fraction of sp³-hybridized carbons (Fsp3) is 0.103. The van der Waals surface area contributed by atoms with E-state index >= 15 is 0 Å². The highest BCUT2D eigenvalue weighted by molar-refractivity contribution is 5.98. The SMILES string of the molecule is CC1(C)c2ccccc2-c2ccc(-c3ccc(N(c4ccc(-c5cccc6c5C(C)(C)c5ccccc5-6)cc4)c4cccc(-c5cccc6ccccc56)c4)cc3)cc21. The molecule has 0 radical (unpaired) electrons. The van der Waals surface area contributed by atoms with E-state index in [4.69, 9.17) is 0 Å². The van der Waals surface area contributed by atoms with Crippen LogP contribution >= 0.6 is 0 Å². The summed E-state index contributed by atoms with van der Waals surface area (Å²) in [6, 6.07) is 74.2. The first kappa shape index (κ1) is 35.2. The van der Waals surface area contributed by atoms with Crippen LogP contribution in [0.15, 0.2) is 200 Å². The van der Waals surface area contributed by atoms with E-state index in [2.05, 4.69) is 233 Å². The lowest BCUT2D eigenvalue weighted by Crippen LogP contribution is -2.16. The van der Waals surface area contributed by atoms with Crippen LogP contribution in [0.4, 0.5) is 17.1 Å². The van der Waals surface area contributed by atoms with Crippen LogP contribution in [0.1, 0.15) is 49.9 Å². The molecule has 0 aliphatic heterocycles. The maximum atomic E-state index is 2.41. The molecule has 0 N–H and O–H groups in total. The Hall–Kier alpha value is -6.96. The van der Waals surface area contributed by atoms with E-state index in [9.17, 15) is 0 Å². The lowest BCUT2D eigenvalue weighted by Gasteiger charge is -2.27. The van der Waals surface area contributed by atoms with E-state index in [1.165, 1.54) is 88.7 Å². The molecule has 282 valence electrons. The summed E-state index contributed by atoms with van der Waals surface area (Å²) >= 11 is 0. The summed E-state index contributed by atoms with van der Waals surface area (Å²) in [6.45, 7) is 9.44. The molecule has 1 heteroatoms. The zero-order valence-electron chi connectivity index (χ0n) is 34.0. The van der Waals surface area contributed by atoms with Gasteiger partial charge in [-0.1, -0.05) is 185 Å². The van der Waals surface area contributed by atoms with Crippen molar-refractivity contribution in [3.63, 3.8) is 0 Å². The lowest BCUT2D eigenvalue weighted by atomic mass is 9.79. The highest BCUT2D eigenvalue weighted by Crippen LogP contribution is 2.53. The molecule has 11 rings (SSSR count). The zero-order chi connectivity index (χ0) is 39.9. The van der Waals surface area contributed by atoms with Crippen LogP contribution in [0.5, 0.6) is 0 Å². The summed E-state index contributed by atoms with van der Waals surface area (Å²) in [4.78, 5) is 2.40. The second kappa shape index (κ2) is 13.3. The summed E-state index contributed by atoms with van der Waals surface area (Å²) in [5.74, 6) is 0. The van der Waals surface area contributed by atoms with E-state index in [0.717, 1.165) is 17.1 Å². The molecule has 0 amide bonds. The average molecular weight is 756 g/mol. The van der Waals surface area contributed by atoms with Crippen LogP contribution in [-0.2, 0) is 10.8 Å². The second-order valence-corrected chi connectivity index (χ2v) is 17.3. The standard InChI is InChI=1S/C58H45N/c1-57(2)53-24-9-7-19-49(53)51-35-30-41(37-55(51)57)38-26-31-43(32-27-38)59(45-17-11-16-42(36-45)47-21-12-15-39-14-5-6-18-46(39)47)44-33-28-40(29-34-44)48-22-13-23-52-50-20-8-10-25-54(50)58(3,4)56(48)52/h5-37H,1-4H3. The van der Waals surface area contributed by atoms with Gasteiger partial charge in [0.2, 0.25) is 0 Å². The van der Waals surface area contributed by atoms with Crippen LogP contribution in [0, 0.1) is 0 Å². The van der Waals surface area contributed by atoms with Crippen molar-refractivity contribution >= 4 is 27.8 Å². The molecule has 9 aromatic carbocycles. The number of benzene rings is 9. The first-order chi connectivity index (χ1) is 28.8. The monoisotopic (exact) mass is 755 g/mol. The van der Waals surface area contributed by atoms with Crippen molar-refractivity contribution in [3.05, 3.63) is 222 Å². The number of nitrogens with zero attached hydrogens (tertiary/aromatic N) is 1. The molecule has 0 bridgehead atoms. The summed E-state index contributed by atoms with van der Waals surface area (Å²) in [5.41, 5.74) is 21.6. The van der Waals surface area contributed by atoms with E-state index in [1.54, 1.807) is 0 Å². The molecule has 9 aromatic rings. The smallest absolute Gasteiger partial charge is 0.0467 e. The molecular formula is C58H45N. The normalized spacial score (nSPS) is 14.0. The molecule has 59 heavy (non-hydrogen) atoms. The Balaban J connectivity index is 1.00. The van der Waals surface area contributed by atoms with Gasteiger partial charge >= 0.3 is 0 Å². The Morgan fingerprint density at radius 1 is 0.305 bits per heavy atom. The predicted octanol–water partition coefficient (Wildman–Crippen LogP) is 15.9. The minimum absolute atomic E-state index is 0.0422. The van der Waals surface area contributed by atoms with Crippen molar-refractivity contribution in [2.75, 3.05) is 4.90 Å². The van der Waals surface area contributed by atoms with Gasteiger partial charge in [0.05, 0.1) is 0 Å². The van der Waals surface area contributed by atoms with Crippen molar-refractivity contribution in [3.8, 4) is 55.6 Å². The molecular weight excluding hydrogens is 711 g/mol. The summed E-state index contributed by atoms with van der Waals surface area (Å²) in [6.07, 6.45) is 0. The summed E-state index contributed by atoms with van der Waals surface area (Å²) in [5, 5.41) is 2.50. The topological polar surface area (TPSA) is 3.24 Å². The quantitative estimate of drug-likeness (QED) is 0.163. The third-order valence-electron chi connectivity index (χ3n) is 13.3. The first-order valence-electron chi connectivity index (χ1n) is 20.8. The van der Waals surface area contributed by atoms with E-state index < -0.39 is 0 Å². The maximum Gasteiger partial charge on any atom is 0.0467 e. The third-order valence-corrected chi connectivity index (χ3v) is 13.3. The summed E-state index contributed by atoms with van der Waals surface area (Å²) in [7, 11) is 0. The van der Waals surface area contributed by atoms with Crippen molar-refractivity contribution in [1.29, 1.82) is 0 Å². The van der Waals surface area contributed by atoms with Crippen molar-refractivity contribution in [2.24, 2.45) is 0 Å². The molecule has 0 heterocycles. The zero-order valence-corrected chi connectivity index (χ0v) is 34.0. The number of hydrogen-bond acceptors (Lipinski definition) is 1. The molecule has 0 aromatic heterocycles. The second-order valence-electron chi connectivity index (χ2n) is 17.3. The van der Waals surface area contributed by atoms with Crippen LogP contribution in [0.2, 0.25) is 0 Å². The number of fused-ring (bicyclic) bond motifs is 7. The molecule has 2 aliphatic carbocycles. The fourth-order valence-corrected chi connectivity index (χ4v) is 10.3. The predicted molar refractivity (Wildman–Crippen MR) is 250 cm³/mol. The van der Waals surface area contributed by atoms with Crippen molar-refractivity contribution in [1.82, 2.24) is 0 Å². The third kappa shape index (κ3) is 5.53. The molecule has 0 saturated heterocycles. The van der Waals surface area contributed by atoms with Crippen LogP contribution in [0.25, 0.3) is 66.4 Å². The minimum Gasteiger partial charge on any atom is -0.310 e. The van der Waals surface area contributed by atoms with Gasteiger partial charge < -0.3 is 4.90 Å². The van der Waals surface area contributed by atoms with Crippen LogP contribution in [0.3, 0.4) is 0 Å². The Morgan fingerprint density at radius 3 is 1.59 bits per heavy atom. The maximum absolute atomic E-state index is 2.41. The molecule has 0 unspecified atom stereocenters. The first-order valence-corrected chi connectivity index (χ1v) is 20.8. The molecule has 0 spiro atoms. The largest absolute Gasteiger partial charge is 0.310 e. The van der Waals surface area contributed by atoms with Gasteiger partial charge in [-0.25, -0.2) is 0 Å².